The largest absolute Gasteiger partial charge is 0.463 e. The number of alkyl halides is 1. The van der Waals surface area contributed by atoms with Gasteiger partial charge in [0.2, 0.25) is 6.86 Å². The van der Waals surface area contributed by atoms with Crippen LogP contribution in [-0.4, -0.2) is 26.8 Å². The predicted molar refractivity (Wildman–Crippen MR) is 89.6 cm³/mol. The maximum Gasteiger partial charge on any atom is 0.228 e. The molecule has 1 N–H and O–H groups in total. The third kappa shape index (κ3) is 2.90. The fraction of sp³-hybridized carbons (Fsp3) is 0.167. The lowest BCUT2D eigenvalue weighted by Gasteiger charge is -2.01. The highest BCUT2D eigenvalue weighted by Gasteiger charge is 2.06. The molecule has 0 amide bonds. The van der Waals surface area contributed by atoms with Crippen LogP contribution >= 0.6 is 0 Å². The van der Waals surface area contributed by atoms with Gasteiger partial charge >= 0.3 is 0 Å². The van der Waals surface area contributed by atoms with Crippen LogP contribution < -0.4 is 4.74 Å². The van der Waals surface area contributed by atoms with E-state index < -0.39 is 6.86 Å². The van der Waals surface area contributed by atoms with Crippen LogP contribution in [0.5, 0.6) is 5.75 Å². The Bertz CT molecular complexity index is 999. The molecule has 0 bridgehead atoms. The zero-order valence-corrected chi connectivity index (χ0v) is 12.9. The van der Waals surface area contributed by atoms with Crippen LogP contribution in [-0.2, 0) is 12.8 Å². The van der Waals surface area contributed by atoms with E-state index in [1.165, 1.54) is 0 Å². The summed E-state index contributed by atoms with van der Waals surface area (Å²) in [4.78, 5) is 16.8. The van der Waals surface area contributed by atoms with E-state index in [9.17, 15) is 4.39 Å². The molecule has 0 spiro atoms. The molecule has 2 aromatic carbocycles. The number of fused-ring (bicyclic) bond motifs is 2. The number of ether oxygens (including phenoxy) is 1. The molecule has 0 aliphatic carbocycles. The first-order chi connectivity index (χ1) is 11.8. The average molecular weight is 322 g/mol. The first kappa shape index (κ1) is 14.6. The van der Waals surface area contributed by atoms with Crippen molar-refractivity contribution < 1.29 is 9.13 Å². The van der Waals surface area contributed by atoms with Crippen molar-refractivity contribution in [3.05, 3.63) is 60.2 Å². The number of halogens is 1. The quantitative estimate of drug-likeness (QED) is 0.610. The maximum absolute atomic E-state index is 12.2. The molecule has 5 nitrogen and oxygen atoms in total. The number of aromatic nitrogens is 4. The molecule has 120 valence electrons. The average Bonchev–Trinajstić information content (AvgIpc) is 3.02. The van der Waals surface area contributed by atoms with Crippen molar-refractivity contribution in [1.82, 2.24) is 19.9 Å². The summed E-state index contributed by atoms with van der Waals surface area (Å²) in [6.45, 7) is -0.840. The van der Waals surface area contributed by atoms with Gasteiger partial charge in [-0.2, -0.15) is 0 Å². The molecule has 0 aliphatic heterocycles. The molecule has 2 aromatic heterocycles. The van der Waals surface area contributed by atoms with Gasteiger partial charge in [-0.1, -0.05) is 12.1 Å². The molecule has 6 heteroatoms. The number of aryl methyl sites for hydroxylation is 2. The lowest BCUT2D eigenvalue weighted by Crippen LogP contribution is -1.97. The van der Waals surface area contributed by atoms with Gasteiger partial charge < -0.3 is 9.72 Å². The number of benzene rings is 2. The summed E-state index contributed by atoms with van der Waals surface area (Å²) >= 11 is 0. The van der Waals surface area contributed by atoms with Gasteiger partial charge in [-0.05, 0) is 30.7 Å². The highest BCUT2D eigenvalue weighted by atomic mass is 19.1. The second-order valence-corrected chi connectivity index (χ2v) is 5.47. The van der Waals surface area contributed by atoms with Crippen LogP contribution in [0.15, 0.2) is 48.7 Å². The summed E-state index contributed by atoms with van der Waals surface area (Å²) < 4.78 is 17.1. The minimum atomic E-state index is -0.840. The minimum Gasteiger partial charge on any atom is -0.463 e. The fourth-order valence-corrected chi connectivity index (χ4v) is 2.68. The Morgan fingerprint density at radius 2 is 1.83 bits per heavy atom. The Morgan fingerprint density at radius 3 is 2.71 bits per heavy atom. The molecule has 24 heavy (non-hydrogen) atoms. The first-order valence-electron chi connectivity index (χ1n) is 7.70. The molecule has 2 heterocycles. The number of rotatable bonds is 5. The number of imidazole rings is 1. The van der Waals surface area contributed by atoms with Gasteiger partial charge in [0.1, 0.15) is 11.6 Å². The molecule has 4 rings (SSSR count). The first-order valence-corrected chi connectivity index (χ1v) is 7.70. The molecular formula is C18H15FN4O. The molecule has 0 aliphatic rings. The fourth-order valence-electron chi connectivity index (χ4n) is 2.68. The van der Waals surface area contributed by atoms with E-state index in [0.717, 1.165) is 46.4 Å². The predicted octanol–water partition coefficient (Wildman–Crippen LogP) is 3.60. The number of aromatic amines is 1. The zero-order chi connectivity index (χ0) is 16.4. The summed E-state index contributed by atoms with van der Waals surface area (Å²) in [5.41, 5.74) is 4.38. The second kappa shape index (κ2) is 6.23. The van der Waals surface area contributed by atoms with E-state index in [4.69, 9.17) is 4.74 Å². The van der Waals surface area contributed by atoms with Gasteiger partial charge in [0.05, 0.1) is 27.8 Å². The van der Waals surface area contributed by atoms with Crippen LogP contribution in [0.4, 0.5) is 4.39 Å². The summed E-state index contributed by atoms with van der Waals surface area (Å²) in [6.07, 6.45) is 3.27. The third-order valence-corrected chi connectivity index (χ3v) is 3.84. The van der Waals surface area contributed by atoms with Crippen LogP contribution in [0.3, 0.4) is 0 Å². The van der Waals surface area contributed by atoms with Crippen LogP contribution in [0.25, 0.3) is 22.1 Å². The number of hydrogen-bond donors (Lipinski definition) is 1. The molecule has 0 saturated heterocycles. The highest BCUT2D eigenvalue weighted by molar-refractivity contribution is 5.77. The van der Waals surface area contributed by atoms with Gasteiger partial charge in [-0.25, -0.2) is 14.4 Å². The van der Waals surface area contributed by atoms with Crippen molar-refractivity contribution in [2.75, 3.05) is 6.86 Å². The SMILES string of the molecule is FCOc1ccc2nc(CCc3cnc4ccccc4n3)[nH]c2c1. The minimum absolute atomic E-state index is 0.487. The van der Waals surface area contributed by atoms with E-state index >= 15 is 0 Å². The standard InChI is InChI=1S/C18H15FN4O/c19-11-24-13-6-7-16-17(9-13)23-18(22-16)8-5-12-10-20-14-3-1-2-4-15(14)21-12/h1-4,6-7,9-10H,5,8,11H2,(H,22,23). The van der Waals surface area contributed by atoms with Crippen LogP contribution in [0.2, 0.25) is 0 Å². The summed E-state index contributed by atoms with van der Waals surface area (Å²) in [5.74, 6) is 1.35. The zero-order valence-electron chi connectivity index (χ0n) is 12.9. The van der Waals surface area contributed by atoms with Gasteiger partial charge in [0, 0.05) is 18.7 Å². The Labute approximate surface area is 137 Å². The molecule has 4 aromatic rings. The Morgan fingerprint density at radius 1 is 0.958 bits per heavy atom. The van der Waals surface area contributed by atoms with Crippen LogP contribution in [0.1, 0.15) is 11.5 Å². The van der Waals surface area contributed by atoms with E-state index in [1.54, 1.807) is 18.3 Å². The van der Waals surface area contributed by atoms with E-state index in [0.29, 0.717) is 5.75 Å². The van der Waals surface area contributed by atoms with Crippen molar-refractivity contribution in [3.8, 4) is 5.75 Å². The van der Waals surface area contributed by atoms with Gasteiger partial charge in [0.25, 0.3) is 0 Å². The summed E-state index contributed by atoms with van der Waals surface area (Å²) in [7, 11) is 0. The Kier molecular flexibility index (Phi) is 3.78. The molecule has 0 saturated carbocycles. The molecular weight excluding hydrogens is 307 g/mol. The van der Waals surface area contributed by atoms with Gasteiger partial charge in [-0.15, -0.1) is 0 Å². The van der Waals surface area contributed by atoms with E-state index in [-0.39, 0.29) is 0 Å². The number of hydrogen-bond acceptors (Lipinski definition) is 4. The Hall–Kier alpha value is -3.02. The normalized spacial score (nSPS) is 11.2. The number of H-pyrrole nitrogens is 1. The molecule has 0 radical (unpaired) electrons. The smallest absolute Gasteiger partial charge is 0.228 e. The lowest BCUT2D eigenvalue weighted by atomic mass is 10.2. The van der Waals surface area contributed by atoms with E-state index in [2.05, 4.69) is 19.9 Å². The summed E-state index contributed by atoms with van der Waals surface area (Å²) in [6, 6.07) is 13.1. The van der Waals surface area contributed by atoms with Crippen molar-refractivity contribution in [3.63, 3.8) is 0 Å². The number of para-hydroxylation sites is 2. The van der Waals surface area contributed by atoms with Crippen molar-refractivity contribution in [2.24, 2.45) is 0 Å². The topological polar surface area (TPSA) is 63.7 Å². The van der Waals surface area contributed by atoms with E-state index in [1.807, 2.05) is 30.3 Å². The Balaban J connectivity index is 1.52. The molecule has 0 unspecified atom stereocenters. The molecule has 0 fully saturated rings. The lowest BCUT2D eigenvalue weighted by molar-refractivity contribution is 0.192. The van der Waals surface area contributed by atoms with Gasteiger partial charge in [-0.3, -0.25) is 4.98 Å². The number of nitrogens with zero attached hydrogens (tertiary/aromatic N) is 3. The monoisotopic (exact) mass is 322 g/mol. The van der Waals surface area contributed by atoms with Crippen molar-refractivity contribution in [1.29, 1.82) is 0 Å². The molecule has 0 atom stereocenters. The van der Waals surface area contributed by atoms with Crippen molar-refractivity contribution >= 4 is 22.1 Å². The number of nitrogens with one attached hydrogen (secondary N) is 1. The highest BCUT2D eigenvalue weighted by Crippen LogP contribution is 2.20. The second-order valence-electron chi connectivity index (χ2n) is 5.47. The third-order valence-electron chi connectivity index (χ3n) is 3.84. The van der Waals surface area contributed by atoms with Gasteiger partial charge in [0.15, 0.2) is 0 Å². The summed E-state index contributed by atoms with van der Waals surface area (Å²) in [5, 5.41) is 0. The maximum atomic E-state index is 12.2. The van der Waals surface area contributed by atoms with Crippen molar-refractivity contribution in [2.45, 2.75) is 12.8 Å². The van der Waals surface area contributed by atoms with Crippen LogP contribution in [0, 0.1) is 0 Å².